The molecule has 0 fully saturated rings. The third-order valence-electron chi connectivity index (χ3n) is 4.35. The number of nitrogens with one attached hydrogen (secondary N) is 1. The second-order valence-corrected chi connectivity index (χ2v) is 6.81. The zero-order valence-corrected chi connectivity index (χ0v) is 16.5. The van der Waals surface area contributed by atoms with Crippen LogP contribution in [-0.2, 0) is 9.53 Å². The lowest BCUT2D eigenvalue weighted by atomic mass is 10.1. The lowest BCUT2D eigenvalue weighted by molar-refractivity contribution is -0.122. The molecule has 0 heterocycles. The molecule has 0 radical (unpaired) electrons. The van der Waals surface area contributed by atoms with Gasteiger partial charge in [-0.25, -0.2) is 4.79 Å². The quantitative estimate of drug-likeness (QED) is 0.577. The van der Waals surface area contributed by atoms with Crippen LogP contribution >= 0.6 is 0 Å². The molecule has 0 spiro atoms. The van der Waals surface area contributed by atoms with Crippen LogP contribution < -0.4 is 10.2 Å². The molecule has 0 atom stereocenters. The molecule has 0 aliphatic carbocycles. The summed E-state index contributed by atoms with van der Waals surface area (Å²) in [4.78, 5) is 27.0. The molecule has 3 rings (SSSR count). The summed E-state index contributed by atoms with van der Waals surface area (Å²) in [6.07, 6.45) is 0. The lowest BCUT2D eigenvalue weighted by Gasteiger charge is -2.26. The first-order valence-corrected chi connectivity index (χ1v) is 9.51. The molecule has 5 nitrogen and oxygen atoms in total. The molecule has 148 valence electrons. The second kappa shape index (κ2) is 9.55. The Balaban J connectivity index is 1.70. The summed E-state index contributed by atoms with van der Waals surface area (Å²) in [6, 6.07) is 25.9. The number of hydrogen-bond acceptors (Lipinski definition) is 4. The Kier molecular flexibility index (Phi) is 6.63. The molecule has 5 heteroatoms. The van der Waals surface area contributed by atoms with Crippen molar-refractivity contribution in [1.82, 2.24) is 0 Å². The molecule has 29 heavy (non-hydrogen) atoms. The number of ether oxygens (including phenoxy) is 1. The summed E-state index contributed by atoms with van der Waals surface area (Å²) in [6.45, 7) is 3.52. The van der Waals surface area contributed by atoms with Crippen LogP contribution in [0.4, 0.5) is 17.1 Å². The Labute approximate surface area is 170 Å². The molecular weight excluding hydrogens is 364 g/mol. The number of amides is 1. The Morgan fingerprint density at radius 1 is 0.862 bits per heavy atom. The molecule has 3 aromatic carbocycles. The maximum absolute atomic E-state index is 12.7. The predicted octanol–water partition coefficient (Wildman–Crippen LogP) is 5.03. The largest absolute Gasteiger partial charge is 0.452 e. The van der Waals surface area contributed by atoms with Crippen molar-refractivity contribution in [3.8, 4) is 0 Å². The number of esters is 1. The van der Waals surface area contributed by atoms with Crippen LogP contribution in [-0.4, -0.2) is 24.5 Å². The fourth-order valence-electron chi connectivity index (χ4n) is 3.04. The minimum Gasteiger partial charge on any atom is -0.452 e. The van der Waals surface area contributed by atoms with Gasteiger partial charge >= 0.3 is 5.97 Å². The van der Waals surface area contributed by atoms with E-state index in [0.29, 0.717) is 11.3 Å². The predicted molar refractivity (Wildman–Crippen MR) is 116 cm³/mol. The average molecular weight is 388 g/mol. The maximum Gasteiger partial charge on any atom is 0.340 e. The standard InChI is InChI=1S/C24H24N2O3/c1-18(2)26(20-13-7-4-8-14-20)23(27)17-29-24(28)21-15-9-10-16-22(21)25-19-11-5-3-6-12-19/h3-16,18,25H,17H2,1-2H3. The SMILES string of the molecule is CC(C)N(C(=O)COC(=O)c1ccccc1Nc1ccccc1)c1ccccc1. The number of carbonyl (C=O) groups excluding carboxylic acids is 2. The van der Waals surface area contributed by atoms with E-state index in [-0.39, 0.29) is 18.6 Å². The Morgan fingerprint density at radius 2 is 1.45 bits per heavy atom. The van der Waals surface area contributed by atoms with E-state index in [9.17, 15) is 9.59 Å². The summed E-state index contributed by atoms with van der Waals surface area (Å²) >= 11 is 0. The van der Waals surface area contributed by atoms with Gasteiger partial charge in [-0.2, -0.15) is 0 Å². The number of benzene rings is 3. The van der Waals surface area contributed by atoms with Gasteiger partial charge in [0.2, 0.25) is 0 Å². The minimum atomic E-state index is -0.547. The van der Waals surface area contributed by atoms with Gasteiger partial charge in [0, 0.05) is 17.4 Å². The van der Waals surface area contributed by atoms with Gasteiger partial charge in [0.05, 0.1) is 11.3 Å². The fourth-order valence-corrected chi connectivity index (χ4v) is 3.04. The van der Waals surface area contributed by atoms with Gasteiger partial charge < -0.3 is 15.0 Å². The van der Waals surface area contributed by atoms with Crippen molar-refractivity contribution in [1.29, 1.82) is 0 Å². The van der Waals surface area contributed by atoms with Crippen LogP contribution in [0, 0.1) is 0 Å². The molecular formula is C24H24N2O3. The van der Waals surface area contributed by atoms with Crippen LogP contribution in [0.2, 0.25) is 0 Å². The van der Waals surface area contributed by atoms with Crippen LogP contribution in [0.25, 0.3) is 0 Å². The highest BCUT2D eigenvalue weighted by atomic mass is 16.5. The zero-order chi connectivity index (χ0) is 20.6. The third kappa shape index (κ3) is 5.23. The number of hydrogen-bond donors (Lipinski definition) is 1. The molecule has 1 amide bonds. The highest BCUT2D eigenvalue weighted by Crippen LogP contribution is 2.22. The number of anilines is 3. The zero-order valence-electron chi connectivity index (χ0n) is 16.5. The summed E-state index contributed by atoms with van der Waals surface area (Å²) in [5.74, 6) is -0.817. The van der Waals surface area contributed by atoms with E-state index in [0.717, 1.165) is 11.4 Å². The van der Waals surface area contributed by atoms with Crippen molar-refractivity contribution in [3.63, 3.8) is 0 Å². The molecule has 3 aromatic rings. The maximum atomic E-state index is 12.7. The van der Waals surface area contributed by atoms with Crippen molar-refractivity contribution in [2.75, 3.05) is 16.8 Å². The highest BCUT2D eigenvalue weighted by Gasteiger charge is 2.21. The third-order valence-corrected chi connectivity index (χ3v) is 4.35. The first kappa shape index (κ1) is 20.1. The van der Waals surface area contributed by atoms with Crippen molar-refractivity contribution in [2.45, 2.75) is 19.9 Å². The normalized spacial score (nSPS) is 10.4. The molecule has 0 aliphatic heterocycles. The molecule has 0 saturated carbocycles. The number of carbonyl (C=O) groups is 2. The van der Waals surface area contributed by atoms with Gasteiger partial charge in [0.1, 0.15) is 0 Å². The Hall–Kier alpha value is -3.60. The van der Waals surface area contributed by atoms with Crippen LogP contribution in [0.1, 0.15) is 24.2 Å². The van der Waals surface area contributed by atoms with Gasteiger partial charge in [-0.1, -0.05) is 48.5 Å². The second-order valence-electron chi connectivity index (χ2n) is 6.81. The lowest BCUT2D eigenvalue weighted by Crippen LogP contribution is -2.39. The molecule has 1 N–H and O–H groups in total. The summed E-state index contributed by atoms with van der Waals surface area (Å²) in [5.41, 5.74) is 2.63. The fraction of sp³-hybridized carbons (Fsp3) is 0.167. The number of rotatable bonds is 7. The van der Waals surface area contributed by atoms with Crippen molar-refractivity contribution >= 4 is 28.9 Å². The van der Waals surface area contributed by atoms with Crippen LogP contribution in [0.5, 0.6) is 0 Å². The van der Waals surface area contributed by atoms with E-state index in [2.05, 4.69) is 5.32 Å². The van der Waals surface area contributed by atoms with Crippen LogP contribution in [0.3, 0.4) is 0 Å². The van der Waals surface area contributed by atoms with Crippen molar-refractivity contribution in [3.05, 3.63) is 90.5 Å². The number of para-hydroxylation sites is 3. The molecule has 0 saturated heterocycles. The molecule has 0 bridgehead atoms. The van der Waals surface area contributed by atoms with Crippen LogP contribution in [0.15, 0.2) is 84.9 Å². The van der Waals surface area contributed by atoms with E-state index >= 15 is 0 Å². The highest BCUT2D eigenvalue weighted by molar-refractivity contribution is 6.00. The number of nitrogens with zero attached hydrogens (tertiary/aromatic N) is 1. The van der Waals surface area contributed by atoms with Crippen molar-refractivity contribution in [2.24, 2.45) is 0 Å². The van der Waals surface area contributed by atoms with E-state index in [1.807, 2.05) is 80.6 Å². The first-order valence-electron chi connectivity index (χ1n) is 9.51. The van der Waals surface area contributed by atoms with E-state index < -0.39 is 5.97 Å². The monoisotopic (exact) mass is 388 g/mol. The smallest absolute Gasteiger partial charge is 0.340 e. The van der Waals surface area contributed by atoms with Crippen molar-refractivity contribution < 1.29 is 14.3 Å². The summed E-state index contributed by atoms with van der Waals surface area (Å²) in [5, 5.41) is 3.21. The Bertz CT molecular complexity index is 956. The Morgan fingerprint density at radius 3 is 2.10 bits per heavy atom. The minimum absolute atomic E-state index is 0.0596. The van der Waals surface area contributed by atoms with Gasteiger partial charge in [-0.05, 0) is 50.2 Å². The molecule has 0 unspecified atom stereocenters. The topological polar surface area (TPSA) is 58.6 Å². The van der Waals surface area contributed by atoms with E-state index in [1.54, 1.807) is 23.1 Å². The van der Waals surface area contributed by atoms with Gasteiger partial charge in [0.15, 0.2) is 6.61 Å². The first-order chi connectivity index (χ1) is 14.1. The van der Waals surface area contributed by atoms with Gasteiger partial charge in [0.25, 0.3) is 5.91 Å². The molecule has 0 aromatic heterocycles. The van der Waals surface area contributed by atoms with E-state index in [1.165, 1.54) is 0 Å². The average Bonchev–Trinajstić information content (AvgIpc) is 2.74. The summed E-state index contributed by atoms with van der Waals surface area (Å²) < 4.78 is 5.35. The van der Waals surface area contributed by atoms with E-state index in [4.69, 9.17) is 4.74 Å². The molecule has 0 aliphatic rings. The van der Waals surface area contributed by atoms with Gasteiger partial charge in [-0.15, -0.1) is 0 Å². The van der Waals surface area contributed by atoms with Gasteiger partial charge in [-0.3, -0.25) is 4.79 Å². The summed E-state index contributed by atoms with van der Waals surface area (Å²) in [7, 11) is 0.